The highest BCUT2D eigenvalue weighted by atomic mass is 32.1. The number of hydrogen-bond acceptors (Lipinski definition) is 5. The van der Waals surface area contributed by atoms with E-state index in [4.69, 9.17) is 0 Å². The maximum absolute atomic E-state index is 4.10. The zero-order valence-corrected chi connectivity index (χ0v) is 10.5. The molecule has 0 spiro atoms. The average molecular weight is 237 g/mol. The van der Waals surface area contributed by atoms with Crippen LogP contribution in [0.2, 0.25) is 0 Å². The Morgan fingerprint density at radius 1 is 1.44 bits per heavy atom. The standard InChI is InChI=1S/C10H15N5S/c1-14(2)10-13-12-9(15(10)3)11-7-8-5-4-6-16-8/h4-6H,7H2,1-3H3,(H,11,12). The second-order valence-electron chi connectivity index (χ2n) is 3.71. The zero-order chi connectivity index (χ0) is 11.5. The van der Waals surface area contributed by atoms with Crippen LogP contribution in [0.4, 0.5) is 11.9 Å². The molecule has 0 aromatic carbocycles. The average Bonchev–Trinajstić information content (AvgIpc) is 2.84. The summed E-state index contributed by atoms with van der Waals surface area (Å²) in [6.45, 7) is 0.789. The molecule has 1 N–H and O–H groups in total. The summed E-state index contributed by atoms with van der Waals surface area (Å²) < 4.78 is 1.94. The molecule has 0 fully saturated rings. The van der Waals surface area contributed by atoms with E-state index in [1.807, 2.05) is 36.7 Å². The molecule has 2 rings (SSSR count). The molecular weight excluding hydrogens is 222 g/mol. The van der Waals surface area contributed by atoms with Crippen molar-refractivity contribution >= 4 is 23.2 Å². The van der Waals surface area contributed by atoms with Crippen LogP contribution in [0, 0.1) is 0 Å². The Bertz CT molecular complexity index is 446. The third-order valence-electron chi connectivity index (χ3n) is 2.25. The first-order valence-electron chi connectivity index (χ1n) is 5.01. The maximum atomic E-state index is 4.10. The summed E-state index contributed by atoms with van der Waals surface area (Å²) in [5.74, 6) is 1.63. The molecule has 2 aromatic rings. The molecule has 0 radical (unpaired) electrons. The van der Waals surface area contributed by atoms with Crippen LogP contribution >= 0.6 is 11.3 Å². The van der Waals surface area contributed by atoms with Crippen molar-refractivity contribution in [3.8, 4) is 0 Å². The first-order chi connectivity index (χ1) is 7.68. The number of rotatable bonds is 4. The lowest BCUT2D eigenvalue weighted by atomic mass is 10.5. The Balaban J connectivity index is 2.05. The van der Waals surface area contributed by atoms with Crippen LogP contribution in [0.3, 0.4) is 0 Å². The molecule has 0 aliphatic rings. The second kappa shape index (κ2) is 4.52. The van der Waals surface area contributed by atoms with Gasteiger partial charge in [-0.3, -0.25) is 4.57 Å². The van der Waals surface area contributed by atoms with E-state index >= 15 is 0 Å². The molecule has 2 aromatic heterocycles. The number of nitrogens with zero attached hydrogens (tertiary/aromatic N) is 4. The predicted molar refractivity (Wildman–Crippen MR) is 67.0 cm³/mol. The van der Waals surface area contributed by atoms with Gasteiger partial charge in [0.15, 0.2) is 0 Å². The molecule has 16 heavy (non-hydrogen) atoms. The van der Waals surface area contributed by atoms with Crippen molar-refractivity contribution in [2.24, 2.45) is 7.05 Å². The van der Waals surface area contributed by atoms with E-state index in [9.17, 15) is 0 Å². The largest absolute Gasteiger partial charge is 0.349 e. The molecule has 0 aliphatic heterocycles. The molecule has 0 aliphatic carbocycles. The number of anilines is 2. The van der Waals surface area contributed by atoms with Crippen molar-refractivity contribution < 1.29 is 0 Å². The van der Waals surface area contributed by atoms with E-state index in [0.717, 1.165) is 18.4 Å². The minimum atomic E-state index is 0.789. The quantitative estimate of drug-likeness (QED) is 0.876. The van der Waals surface area contributed by atoms with E-state index in [0.29, 0.717) is 0 Å². The van der Waals surface area contributed by atoms with Gasteiger partial charge >= 0.3 is 0 Å². The van der Waals surface area contributed by atoms with E-state index in [1.165, 1.54) is 4.88 Å². The molecule has 0 saturated heterocycles. The first-order valence-corrected chi connectivity index (χ1v) is 5.89. The molecule has 5 nitrogen and oxygen atoms in total. The van der Waals surface area contributed by atoms with E-state index < -0.39 is 0 Å². The summed E-state index contributed by atoms with van der Waals surface area (Å²) in [4.78, 5) is 3.22. The van der Waals surface area contributed by atoms with Gasteiger partial charge in [0, 0.05) is 26.0 Å². The molecule has 0 bridgehead atoms. The summed E-state index contributed by atoms with van der Waals surface area (Å²) in [5, 5.41) is 13.5. The highest BCUT2D eigenvalue weighted by molar-refractivity contribution is 7.09. The Morgan fingerprint density at radius 3 is 2.81 bits per heavy atom. The van der Waals surface area contributed by atoms with Crippen LogP contribution in [0.15, 0.2) is 17.5 Å². The summed E-state index contributed by atoms with van der Waals surface area (Å²) in [6.07, 6.45) is 0. The maximum Gasteiger partial charge on any atom is 0.227 e. The van der Waals surface area contributed by atoms with Crippen molar-refractivity contribution in [3.63, 3.8) is 0 Å². The zero-order valence-electron chi connectivity index (χ0n) is 9.64. The van der Waals surface area contributed by atoms with Gasteiger partial charge in [-0.1, -0.05) is 6.07 Å². The summed E-state index contributed by atoms with van der Waals surface area (Å²) in [7, 11) is 5.85. The molecule has 0 unspecified atom stereocenters. The highest BCUT2D eigenvalue weighted by Gasteiger charge is 2.09. The van der Waals surface area contributed by atoms with Crippen molar-refractivity contribution in [1.82, 2.24) is 14.8 Å². The Kier molecular flexibility index (Phi) is 3.09. The van der Waals surface area contributed by atoms with Crippen LogP contribution in [0.5, 0.6) is 0 Å². The van der Waals surface area contributed by atoms with Gasteiger partial charge in [-0.05, 0) is 11.4 Å². The molecule has 0 saturated carbocycles. The predicted octanol–water partition coefficient (Wildman–Crippen LogP) is 1.55. The number of aromatic nitrogens is 3. The lowest BCUT2D eigenvalue weighted by Gasteiger charge is -2.11. The summed E-state index contributed by atoms with van der Waals surface area (Å²) in [6, 6.07) is 4.14. The molecule has 0 atom stereocenters. The SMILES string of the molecule is CN(C)c1nnc(NCc2cccs2)n1C. The monoisotopic (exact) mass is 237 g/mol. The van der Waals surface area contributed by atoms with Gasteiger partial charge in [0.25, 0.3) is 0 Å². The molecule has 6 heteroatoms. The smallest absolute Gasteiger partial charge is 0.227 e. The number of thiophene rings is 1. The fraction of sp³-hybridized carbons (Fsp3) is 0.400. The van der Waals surface area contributed by atoms with E-state index in [2.05, 4.69) is 27.0 Å². The fourth-order valence-electron chi connectivity index (χ4n) is 1.44. The van der Waals surface area contributed by atoms with Gasteiger partial charge in [0.2, 0.25) is 11.9 Å². The van der Waals surface area contributed by atoms with Crippen LogP contribution < -0.4 is 10.2 Å². The van der Waals surface area contributed by atoms with Crippen LogP contribution in [0.25, 0.3) is 0 Å². The van der Waals surface area contributed by atoms with E-state index in [1.54, 1.807) is 11.3 Å². The van der Waals surface area contributed by atoms with Crippen molar-refractivity contribution in [2.45, 2.75) is 6.54 Å². The van der Waals surface area contributed by atoms with Gasteiger partial charge < -0.3 is 10.2 Å². The Hall–Kier alpha value is -1.56. The molecule has 2 heterocycles. The van der Waals surface area contributed by atoms with Crippen LogP contribution in [0.1, 0.15) is 4.88 Å². The first kappa shape index (κ1) is 10.9. The number of hydrogen-bond donors (Lipinski definition) is 1. The van der Waals surface area contributed by atoms with Gasteiger partial charge in [0.1, 0.15) is 0 Å². The minimum Gasteiger partial charge on any atom is -0.349 e. The summed E-state index contributed by atoms with van der Waals surface area (Å²) in [5.41, 5.74) is 0. The van der Waals surface area contributed by atoms with Gasteiger partial charge in [-0.15, -0.1) is 21.5 Å². The molecular formula is C10H15N5S. The molecule has 0 amide bonds. The highest BCUT2D eigenvalue weighted by Crippen LogP contribution is 2.14. The lowest BCUT2D eigenvalue weighted by Crippen LogP contribution is -2.14. The molecule has 86 valence electrons. The van der Waals surface area contributed by atoms with E-state index in [-0.39, 0.29) is 0 Å². The van der Waals surface area contributed by atoms with Gasteiger partial charge in [0.05, 0.1) is 6.54 Å². The fourth-order valence-corrected chi connectivity index (χ4v) is 2.09. The Labute approximate surface area is 98.7 Å². The second-order valence-corrected chi connectivity index (χ2v) is 4.74. The van der Waals surface area contributed by atoms with Gasteiger partial charge in [-0.25, -0.2) is 0 Å². The van der Waals surface area contributed by atoms with Crippen molar-refractivity contribution in [2.75, 3.05) is 24.3 Å². The topological polar surface area (TPSA) is 46.0 Å². The van der Waals surface area contributed by atoms with Gasteiger partial charge in [-0.2, -0.15) is 0 Å². The number of nitrogens with one attached hydrogen (secondary N) is 1. The minimum absolute atomic E-state index is 0.789. The van der Waals surface area contributed by atoms with Crippen LogP contribution in [-0.2, 0) is 13.6 Å². The third-order valence-corrected chi connectivity index (χ3v) is 3.13. The third kappa shape index (κ3) is 2.16. The summed E-state index contributed by atoms with van der Waals surface area (Å²) >= 11 is 1.73. The normalized spacial score (nSPS) is 10.4. The Morgan fingerprint density at radius 2 is 2.25 bits per heavy atom. The van der Waals surface area contributed by atoms with Crippen molar-refractivity contribution in [1.29, 1.82) is 0 Å². The van der Waals surface area contributed by atoms with Crippen LogP contribution in [-0.4, -0.2) is 28.9 Å². The van der Waals surface area contributed by atoms with Crippen molar-refractivity contribution in [3.05, 3.63) is 22.4 Å². The lowest BCUT2D eigenvalue weighted by molar-refractivity contribution is 0.864.